The average molecular weight is 480 g/mol. The lowest BCUT2D eigenvalue weighted by atomic mass is 9.52. The van der Waals surface area contributed by atoms with Crippen LogP contribution in [0.3, 0.4) is 0 Å². The maximum absolute atomic E-state index is 13.1. The molecule has 0 radical (unpaired) electrons. The van der Waals surface area contributed by atoms with E-state index >= 15 is 0 Å². The molecule has 1 aromatic heterocycles. The van der Waals surface area contributed by atoms with Crippen molar-refractivity contribution in [2.24, 2.45) is 16.7 Å². The smallest absolute Gasteiger partial charge is 0.355 e. The van der Waals surface area contributed by atoms with Crippen LogP contribution in [0.2, 0.25) is 0 Å². The van der Waals surface area contributed by atoms with Crippen LogP contribution in [0.15, 0.2) is 18.3 Å². The number of carbonyl (C=O) groups excluding carboxylic acids is 1. The Labute approximate surface area is 196 Å². The third-order valence-electron chi connectivity index (χ3n) is 10.9. The number of nitrogens with one attached hydrogen (secondary N) is 1. The molecule has 2 saturated heterocycles. The Kier molecular flexibility index (Phi) is 3.85. The second-order valence-corrected chi connectivity index (χ2v) is 11.9. The number of ether oxygens (including phenoxy) is 2. The lowest BCUT2D eigenvalue weighted by molar-refractivity contribution is -0.379. The summed E-state index contributed by atoms with van der Waals surface area (Å²) in [5, 5.41) is 72.5. The molecule has 7 N–H and O–H groups in total. The Balaban J connectivity index is 1.67. The van der Waals surface area contributed by atoms with Gasteiger partial charge in [-0.25, -0.2) is 4.79 Å². The van der Waals surface area contributed by atoms with E-state index in [0.717, 1.165) is 0 Å². The lowest BCUT2D eigenvalue weighted by Gasteiger charge is -2.59. The predicted octanol–water partition coefficient (Wildman–Crippen LogP) is -0.434. The van der Waals surface area contributed by atoms with Crippen molar-refractivity contribution in [3.63, 3.8) is 0 Å². The molecule has 10 atom stereocenters. The van der Waals surface area contributed by atoms with Gasteiger partial charge in [-0.3, -0.25) is 0 Å². The molecule has 6 bridgehead atoms. The van der Waals surface area contributed by atoms with Crippen molar-refractivity contribution in [2.75, 3.05) is 0 Å². The van der Waals surface area contributed by atoms with Crippen LogP contribution < -0.4 is 0 Å². The van der Waals surface area contributed by atoms with E-state index in [9.17, 15) is 35.4 Å². The van der Waals surface area contributed by atoms with Gasteiger partial charge in [0.1, 0.15) is 33.7 Å². The molecule has 0 unspecified atom stereocenters. The van der Waals surface area contributed by atoms with Gasteiger partial charge in [-0.15, -0.1) is 0 Å². The third-order valence-corrected chi connectivity index (χ3v) is 10.9. The number of aromatic nitrogens is 1. The van der Waals surface area contributed by atoms with Gasteiger partial charge in [-0.1, -0.05) is 20.8 Å². The van der Waals surface area contributed by atoms with Crippen molar-refractivity contribution >= 4 is 5.97 Å². The van der Waals surface area contributed by atoms with Gasteiger partial charge < -0.3 is 45.1 Å². The van der Waals surface area contributed by atoms with E-state index in [2.05, 4.69) is 4.98 Å². The maximum Gasteiger partial charge on any atom is 0.355 e. The minimum Gasteiger partial charge on any atom is -0.451 e. The standard InChI is InChI=1S/C24H33NO9/c1-12(2)22(30)16(33-15(27)14-6-5-9-25-14)23(31)17(3)11-21(29)18(22,4)24(23,32)20(34-21)10-13(26)7-8-19(17,20)28/h5-6,9,12-13,16,25-26,28-32H,7-8,10-11H2,1-4H3/t13-,16-,17+,18-,19+,20-,21+,22-,23-,24+/m1/s1. The van der Waals surface area contributed by atoms with Crippen molar-refractivity contribution in [3.8, 4) is 0 Å². The summed E-state index contributed by atoms with van der Waals surface area (Å²) in [5.41, 5.74) is -14.5. The zero-order valence-corrected chi connectivity index (χ0v) is 19.7. The Bertz CT molecular complexity index is 1090. The fraction of sp³-hybridized carbons (Fsp3) is 0.792. The number of aliphatic hydroxyl groups is 6. The van der Waals surface area contributed by atoms with Crippen LogP contribution >= 0.6 is 0 Å². The van der Waals surface area contributed by atoms with Crippen LogP contribution in [0, 0.1) is 16.7 Å². The summed E-state index contributed by atoms with van der Waals surface area (Å²) in [7, 11) is 0. The molecule has 1 spiro atoms. The minimum absolute atomic E-state index is 0.0150. The summed E-state index contributed by atoms with van der Waals surface area (Å²) in [6.45, 7) is 6.24. The normalized spacial score (nSPS) is 59.0. The van der Waals surface area contributed by atoms with Gasteiger partial charge in [0.15, 0.2) is 11.9 Å². The average Bonchev–Trinajstić information content (AvgIpc) is 3.37. The summed E-state index contributed by atoms with van der Waals surface area (Å²) in [6.07, 6.45) is -1.57. The van der Waals surface area contributed by atoms with E-state index in [1.54, 1.807) is 19.9 Å². The van der Waals surface area contributed by atoms with Gasteiger partial charge >= 0.3 is 5.97 Å². The minimum atomic E-state index is -2.47. The molecule has 7 rings (SSSR count). The summed E-state index contributed by atoms with van der Waals surface area (Å²) in [6, 6.07) is 3.07. The number of H-pyrrole nitrogens is 1. The molecule has 34 heavy (non-hydrogen) atoms. The second-order valence-electron chi connectivity index (χ2n) is 11.9. The first-order chi connectivity index (χ1) is 15.6. The van der Waals surface area contributed by atoms with Crippen molar-refractivity contribution in [1.82, 2.24) is 4.98 Å². The molecule has 4 saturated carbocycles. The van der Waals surface area contributed by atoms with Crippen LogP contribution in [0.4, 0.5) is 0 Å². The molecule has 1 aromatic rings. The highest BCUT2D eigenvalue weighted by Crippen LogP contribution is 2.90. The predicted molar refractivity (Wildman–Crippen MR) is 114 cm³/mol. The number of aliphatic hydroxyl groups excluding tert-OH is 1. The molecular weight excluding hydrogens is 446 g/mol. The number of hydrogen-bond acceptors (Lipinski definition) is 9. The topological polar surface area (TPSA) is 173 Å². The molecular formula is C24H33NO9. The molecule has 6 fully saturated rings. The Hall–Kier alpha value is -1.53. The maximum atomic E-state index is 13.1. The fourth-order valence-electron chi connectivity index (χ4n) is 9.35. The number of aromatic amines is 1. The summed E-state index contributed by atoms with van der Waals surface area (Å²) in [5.74, 6) is -3.77. The molecule has 0 amide bonds. The highest BCUT2D eigenvalue weighted by molar-refractivity contribution is 5.87. The molecule has 10 heteroatoms. The van der Waals surface area contributed by atoms with Crippen molar-refractivity contribution in [3.05, 3.63) is 24.0 Å². The SMILES string of the molecule is CC(C)[C@@]1(O)[C@@H](OC(=O)c2ccc[nH]2)[C@@]2(O)[C@@]3(C)C[C@]4(O)O[C@@]5(C[C@H](O)CC[C@]35O)[C@@]2(O)[C@@]14C. The lowest BCUT2D eigenvalue weighted by Crippen LogP contribution is -2.73. The quantitative estimate of drug-likeness (QED) is 0.284. The van der Waals surface area contributed by atoms with Gasteiger partial charge in [0.25, 0.3) is 0 Å². The monoisotopic (exact) mass is 479 g/mol. The van der Waals surface area contributed by atoms with E-state index in [1.165, 1.54) is 26.1 Å². The van der Waals surface area contributed by atoms with Gasteiger partial charge in [0.2, 0.25) is 0 Å². The molecule has 0 aromatic carbocycles. The van der Waals surface area contributed by atoms with E-state index in [1.807, 2.05) is 0 Å². The summed E-state index contributed by atoms with van der Waals surface area (Å²) < 4.78 is 12.0. The van der Waals surface area contributed by atoms with E-state index < -0.39 is 68.7 Å². The Morgan fingerprint density at radius 3 is 2.47 bits per heavy atom. The third kappa shape index (κ3) is 1.65. The first-order valence-electron chi connectivity index (χ1n) is 11.9. The number of carbonyl (C=O) groups is 1. The van der Waals surface area contributed by atoms with Gasteiger partial charge in [-0.2, -0.15) is 0 Å². The number of rotatable bonds is 3. The van der Waals surface area contributed by atoms with Crippen molar-refractivity contribution in [1.29, 1.82) is 0 Å². The highest BCUT2D eigenvalue weighted by Gasteiger charge is 3.09. The van der Waals surface area contributed by atoms with Crippen LogP contribution in [0.5, 0.6) is 0 Å². The van der Waals surface area contributed by atoms with Gasteiger partial charge in [0, 0.05) is 24.5 Å². The van der Waals surface area contributed by atoms with Crippen LogP contribution in [-0.2, 0) is 9.47 Å². The van der Waals surface area contributed by atoms with Gasteiger partial charge in [0.05, 0.1) is 11.5 Å². The highest BCUT2D eigenvalue weighted by atomic mass is 16.7. The van der Waals surface area contributed by atoms with E-state index in [4.69, 9.17) is 9.47 Å². The summed E-state index contributed by atoms with van der Waals surface area (Å²) >= 11 is 0. The molecule has 6 aliphatic rings. The number of hydrogen-bond donors (Lipinski definition) is 7. The first kappa shape index (κ1) is 22.9. The Morgan fingerprint density at radius 2 is 1.88 bits per heavy atom. The first-order valence-corrected chi connectivity index (χ1v) is 11.9. The van der Waals surface area contributed by atoms with Crippen molar-refractivity contribution < 1.29 is 44.9 Å². The molecule has 188 valence electrons. The Morgan fingerprint density at radius 1 is 1.21 bits per heavy atom. The summed E-state index contributed by atoms with van der Waals surface area (Å²) in [4.78, 5) is 15.8. The largest absolute Gasteiger partial charge is 0.451 e. The molecule has 3 heterocycles. The van der Waals surface area contributed by atoms with E-state index in [-0.39, 0.29) is 31.4 Å². The molecule has 4 aliphatic carbocycles. The van der Waals surface area contributed by atoms with E-state index in [0.29, 0.717) is 0 Å². The van der Waals surface area contributed by atoms with Gasteiger partial charge in [-0.05, 0) is 37.8 Å². The molecule has 10 nitrogen and oxygen atoms in total. The fourth-order valence-corrected chi connectivity index (χ4v) is 9.35. The molecule has 2 aliphatic heterocycles. The van der Waals surface area contributed by atoms with Crippen molar-refractivity contribution in [2.45, 2.75) is 99.4 Å². The van der Waals surface area contributed by atoms with Crippen LogP contribution in [0.25, 0.3) is 0 Å². The second kappa shape index (κ2) is 5.72. The van der Waals surface area contributed by atoms with Crippen LogP contribution in [-0.4, -0.2) is 87.6 Å². The zero-order valence-electron chi connectivity index (χ0n) is 19.7. The number of esters is 1. The zero-order chi connectivity index (χ0) is 25.0. The van der Waals surface area contributed by atoms with Crippen LogP contribution in [0.1, 0.15) is 63.9 Å².